The van der Waals surface area contributed by atoms with Gasteiger partial charge in [-0.3, -0.25) is 9.59 Å². The SMILES string of the molecule is O=C(CSCc1csc(NC(=O)Cc2cccs2)n1)Nc1ccc(F)cc1. The van der Waals surface area contributed by atoms with Gasteiger partial charge in [0.25, 0.3) is 0 Å². The molecule has 27 heavy (non-hydrogen) atoms. The maximum absolute atomic E-state index is 12.8. The molecular formula is C18H16FN3O2S3. The molecule has 0 bridgehead atoms. The predicted octanol–water partition coefficient (Wildman–Crippen LogP) is 4.40. The molecular weight excluding hydrogens is 405 g/mol. The number of rotatable bonds is 8. The summed E-state index contributed by atoms with van der Waals surface area (Å²) >= 11 is 4.33. The Morgan fingerprint density at radius 2 is 1.89 bits per heavy atom. The average molecular weight is 422 g/mol. The van der Waals surface area contributed by atoms with Gasteiger partial charge in [0, 0.05) is 21.7 Å². The second kappa shape index (κ2) is 9.63. The molecule has 3 aromatic rings. The number of aromatic nitrogens is 1. The third kappa shape index (κ3) is 6.46. The second-order valence-electron chi connectivity index (χ2n) is 5.50. The highest BCUT2D eigenvalue weighted by Gasteiger charge is 2.09. The van der Waals surface area contributed by atoms with Crippen molar-refractivity contribution in [1.82, 2.24) is 4.98 Å². The summed E-state index contributed by atoms with van der Waals surface area (Å²) in [6, 6.07) is 9.47. The van der Waals surface area contributed by atoms with E-state index in [1.54, 1.807) is 11.3 Å². The standard InChI is InChI=1S/C18H16FN3O2S3/c19-12-3-5-13(6-4-12)20-17(24)11-25-9-14-10-27-18(21-14)22-16(23)8-15-2-1-7-26-15/h1-7,10H,8-9,11H2,(H,20,24)(H,21,22,23). The van der Waals surface area contributed by atoms with Crippen molar-refractivity contribution in [2.75, 3.05) is 16.4 Å². The molecule has 0 saturated heterocycles. The van der Waals surface area contributed by atoms with E-state index in [-0.39, 0.29) is 23.4 Å². The molecule has 0 radical (unpaired) electrons. The van der Waals surface area contributed by atoms with Gasteiger partial charge >= 0.3 is 0 Å². The zero-order valence-electron chi connectivity index (χ0n) is 14.1. The normalized spacial score (nSPS) is 10.6. The monoisotopic (exact) mass is 421 g/mol. The van der Waals surface area contributed by atoms with E-state index in [9.17, 15) is 14.0 Å². The zero-order chi connectivity index (χ0) is 19.1. The summed E-state index contributed by atoms with van der Waals surface area (Å²) in [5.74, 6) is 0.225. The number of thioether (sulfide) groups is 1. The van der Waals surface area contributed by atoms with Gasteiger partial charge in [-0.25, -0.2) is 9.37 Å². The number of carbonyl (C=O) groups is 2. The second-order valence-corrected chi connectivity index (χ2v) is 8.37. The molecule has 0 saturated carbocycles. The number of hydrogen-bond donors (Lipinski definition) is 2. The molecule has 0 fully saturated rings. The van der Waals surface area contributed by atoms with Crippen LogP contribution in [0.5, 0.6) is 0 Å². The van der Waals surface area contributed by atoms with Crippen LogP contribution in [0, 0.1) is 5.82 Å². The first-order chi connectivity index (χ1) is 13.1. The lowest BCUT2D eigenvalue weighted by atomic mass is 10.3. The lowest BCUT2D eigenvalue weighted by Gasteiger charge is -2.04. The molecule has 2 amide bonds. The van der Waals surface area contributed by atoms with Crippen molar-refractivity contribution in [3.8, 4) is 0 Å². The number of anilines is 2. The van der Waals surface area contributed by atoms with Gasteiger partial charge in [0.15, 0.2) is 5.13 Å². The Hall–Kier alpha value is -2.23. The van der Waals surface area contributed by atoms with E-state index in [0.29, 0.717) is 23.0 Å². The number of thiophene rings is 1. The van der Waals surface area contributed by atoms with E-state index < -0.39 is 0 Å². The first-order valence-corrected chi connectivity index (χ1v) is 10.9. The van der Waals surface area contributed by atoms with Gasteiger partial charge in [0.05, 0.1) is 17.9 Å². The fourth-order valence-electron chi connectivity index (χ4n) is 2.14. The molecule has 0 atom stereocenters. The Morgan fingerprint density at radius 3 is 2.63 bits per heavy atom. The van der Waals surface area contributed by atoms with E-state index in [1.165, 1.54) is 47.4 Å². The number of carbonyl (C=O) groups excluding carboxylic acids is 2. The van der Waals surface area contributed by atoms with Crippen LogP contribution in [0.2, 0.25) is 0 Å². The van der Waals surface area contributed by atoms with E-state index in [2.05, 4.69) is 15.6 Å². The summed E-state index contributed by atoms with van der Waals surface area (Å²) in [7, 11) is 0. The van der Waals surface area contributed by atoms with Crippen molar-refractivity contribution < 1.29 is 14.0 Å². The van der Waals surface area contributed by atoms with E-state index in [0.717, 1.165) is 10.6 Å². The minimum atomic E-state index is -0.343. The molecule has 2 N–H and O–H groups in total. The van der Waals surface area contributed by atoms with Crippen molar-refractivity contribution in [3.63, 3.8) is 0 Å². The molecule has 3 rings (SSSR count). The van der Waals surface area contributed by atoms with Gasteiger partial charge in [0.1, 0.15) is 5.82 Å². The van der Waals surface area contributed by atoms with Gasteiger partial charge < -0.3 is 10.6 Å². The summed E-state index contributed by atoms with van der Waals surface area (Å²) in [4.78, 5) is 29.2. The Bertz CT molecular complexity index is 895. The smallest absolute Gasteiger partial charge is 0.234 e. The number of halogens is 1. The number of nitrogens with zero attached hydrogens (tertiary/aromatic N) is 1. The van der Waals surface area contributed by atoms with Crippen molar-refractivity contribution >= 4 is 57.1 Å². The minimum absolute atomic E-state index is 0.0929. The Kier molecular flexibility index (Phi) is 6.97. The molecule has 1 aromatic carbocycles. The lowest BCUT2D eigenvalue weighted by molar-refractivity contribution is -0.115. The van der Waals surface area contributed by atoms with E-state index in [4.69, 9.17) is 0 Å². The number of thiazole rings is 1. The highest BCUT2D eigenvalue weighted by Crippen LogP contribution is 2.20. The van der Waals surface area contributed by atoms with Crippen molar-refractivity contribution in [1.29, 1.82) is 0 Å². The summed E-state index contributed by atoms with van der Waals surface area (Å²) in [6.07, 6.45) is 0.338. The first kappa shape index (κ1) is 19.5. The number of benzene rings is 1. The van der Waals surface area contributed by atoms with Crippen molar-refractivity contribution in [3.05, 3.63) is 63.5 Å². The highest BCUT2D eigenvalue weighted by atomic mass is 32.2. The molecule has 0 unspecified atom stereocenters. The largest absolute Gasteiger partial charge is 0.325 e. The molecule has 2 aromatic heterocycles. The fraction of sp³-hybridized carbons (Fsp3) is 0.167. The average Bonchev–Trinajstić information content (AvgIpc) is 3.29. The topological polar surface area (TPSA) is 71.1 Å². The maximum Gasteiger partial charge on any atom is 0.234 e. The van der Waals surface area contributed by atoms with Gasteiger partial charge in [-0.15, -0.1) is 34.4 Å². The van der Waals surface area contributed by atoms with E-state index >= 15 is 0 Å². The van der Waals surface area contributed by atoms with Crippen LogP contribution < -0.4 is 10.6 Å². The molecule has 9 heteroatoms. The van der Waals surface area contributed by atoms with Crippen molar-refractivity contribution in [2.24, 2.45) is 0 Å². The Balaban J connectivity index is 1.39. The number of amides is 2. The van der Waals surface area contributed by atoms with Gasteiger partial charge in [-0.1, -0.05) is 6.07 Å². The minimum Gasteiger partial charge on any atom is -0.325 e. The van der Waals surface area contributed by atoms with Gasteiger partial charge in [0.2, 0.25) is 11.8 Å². The maximum atomic E-state index is 12.8. The number of hydrogen-bond acceptors (Lipinski definition) is 6. The molecule has 0 aliphatic rings. The lowest BCUT2D eigenvalue weighted by Crippen LogP contribution is -2.14. The quantitative estimate of drug-likeness (QED) is 0.566. The summed E-state index contributed by atoms with van der Waals surface area (Å²) in [6.45, 7) is 0. The molecule has 0 aliphatic carbocycles. The first-order valence-electron chi connectivity index (χ1n) is 7.98. The van der Waals surface area contributed by atoms with Gasteiger partial charge in [-0.05, 0) is 35.7 Å². The van der Waals surface area contributed by atoms with Gasteiger partial charge in [-0.2, -0.15) is 0 Å². The summed E-state index contributed by atoms with van der Waals surface area (Å²) < 4.78 is 12.8. The van der Waals surface area contributed by atoms with Crippen LogP contribution in [-0.2, 0) is 21.8 Å². The molecule has 0 aliphatic heterocycles. The van der Waals surface area contributed by atoms with Crippen LogP contribution in [0.3, 0.4) is 0 Å². The Labute approximate surface area is 168 Å². The van der Waals surface area contributed by atoms with Crippen LogP contribution >= 0.6 is 34.4 Å². The molecule has 2 heterocycles. The highest BCUT2D eigenvalue weighted by molar-refractivity contribution is 7.99. The van der Waals surface area contributed by atoms with Crippen LogP contribution in [0.15, 0.2) is 47.2 Å². The third-order valence-electron chi connectivity index (χ3n) is 3.32. The van der Waals surface area contributed by atoms with Crippen LogP contribution in [0.4, 0.5) is 15.2 Å². The summed E-state index contributed by atoms with van der Waals surface area (Å²) in [5, 5.41) is 9.86. The Morgan fingerprint density at radius 1 is 1.07 bits per heavy atom. The van der Waals surface area contributed by atoms with Crippen LogP contribution in [0.25, 0.3) is 0 Å². The predicted molar refractivity (Wildman–Crippen MR) is 110 cm³/mol. The molecule has 140 valence electrons. The van der Waals surface area contributed by atoms with E-state index in [1.807, 2.05) is 22.9 Å². The zero-order valence-corrected chi connectivity index (χ0v) is 16.6. The third-order valence-corrected chi connectivity index (χ3v) is 5.97. The van der Waals surface area contributed by atoms with Crippen LogP contribution in [-0.4, -0.2) is 22.6 Å². The molecule has 5 nitrogen and oxygen atoms in total. The summed E-state index contributed by atoms with van der Waals surface area (Å²) in [5.41, 5.74) is 1.37. The van der Waals surface area contributed by atoms with Crippen LogP contribution in [0.1, 0.15) is 10.6 Å². The number of nitrogens with one attached hydrogen (secondary N) is 2. The van der Waals surface area contributed by atoms with Crippen molar-refractivity contribution in [2.45, 2.75) is 12.2 Å². The molecule has 0 spiro atoms. The fourth-order valence-corrected chi connectivity index (χ4v) is 4.40.